The Morgan fingerprint density at radius 1 is 1.10 bits per heavy atom. The molecule has 4 heterocycles. The van der Waals surface area contributed by atoms with Crippen molar-refractivity contribution in [3.8, 4) is 0 Å². The predicted octanol–water partition coefficient (Wildman–Crippen LogP) is 2.33. The van der Waals surface area contributed by atoms with E-state index in [0.717, 1.165) is 76.3 Å². The molecule has 1 amide bonds. The summed E-state index contributed by atoms with van der Waals surface area (Å²) in [4.78, 5) is 32.8. The fraction of sp³-hybridized carbons (Fsp3) is 0.682. The molecule has 7 nitrogen and oxygen atoms in total. The Labute approximate surface area is 172 Å². The van der Waals surface area contributed by atoms with Gasteiger partial charge in [-0.3, -0.25) is 9.59 Å². The number of carboxylic acids is 1. The molecule has 3 aliphatic rings. The Morgan fingerprint density at radius 2 is 1.86 bits per heavy atom. The lowest BCUT2D eigenvalue weighted by atomic mass is 9.90. The maximum Gasteiger partial charge on any atom is 0.304 e. The summed E-state index contributed by atoms with van der Waals surface area (Å²) in [5.74, 6) is 1.13. The molecular weight excluding hydrogens is 368 g/mol. The van der Waals surface area contributed by atoms with E-state index in [9.17, 15) is 9.59 Å². The number of anilines is 1. The van der Waals surface area contributed by atoms with Crippen molar-refractivity contribution < 1.29 is 14.7 Å². The van der Waals surface area contributed by atoms with Gasteiger partial charge >= 0.3 is 5.97 Å². The highest BCUT2D eigenvalue weighted by Gasteiger charge is 2.31. The quantitative estimate of drug-likeness (QED) is 0.789. The van der Waals surface area contributed by atoms with Crippen molar-refractivity contribution in [2.75, 3.05) is 44.6 Å². The minimum absolute atomic E-state index is 0.0960. The molecule has 7 heteroatoms. The van der Waals surface area contributed by atoms with Crippen LogP contribution in [-0.4, -0.2) is 71.0 Å². The number of aromatic nitrogens is 1. The first-order valence-corrected chi connectivity index (χ1v) is 11.1. The number of fused-ring (bicyclic) bond motifs is 1. The molecule has 3 aliphatic heterocycles. The van der Waals surface area contributed by atoms with Crippen molar-refractivity contribution in [2.45, 2.75) is 50.9 Å². The molecule has 0 bridgehead atoms. The maximum absolute atomic E-state index is 12.9. The maximum atomic E-state index is 12.9. The molecule has 0 aromatic carbocycles. The lowest BCUT2D eigenvalue weighted by Crippen LogP contribution is -2.45. The Hall–Kier alpha value is -2.15. The third kappa shape index (κ3) is 4.89. The number of nitrogens with one attached hydrogen (secondary N) is 1. The van der Waals surface area contributed by atoms with Crippen molar-refractivity contribution in [3.63, 3.8) is 0 Å². The number of likely N-dealkylation sites (tertiary alicyclic amines) is 2. The summed E-state index contributed by atoms with van der Waals surface area (Å²) in [6.45, 7) is 4.87. The number of hydrogen-bond acceptors (Lipinski definition) is 5. The van der Waals surface area contributed by atoms with Gasteiger partial charge in [0.2, 0.25) is 5.91 Å². The third-order valence-electron chi connectivity index (χ3n) is 6.72. The summed E-state index contributed by atoms with van der Waals surface area (Å²) in [5.41, 5.74) is 2.49. The van der Waals surface area contributed by atoms with E-state index in [0.29, 0.717) is 18.4 Å². The molecule has 0 aliphatic carbocycles. The van der Waals surface area contributed by atoms with Crippen LogP contribution in [0.2, 0.25) is 0 Å². The van der Waals surface area contributed by atoms with E-state index in [2.05, 4.69) is 22.3 Å². The SMILES string of the molecule is O=C(O)CCN1CCC(C(=O)N2CCC(c3ccc4c(n3)NCCC4)CC2)CC1. The minimum atomic E-state index is -0.754. The van der Waals surface area contributed by atoms with Crippen LogP contribution in [0.1, 0.15) is 55.7 Å². The number of amides is 1. The number of carboxylic acid groups (broad SMARTS) is 1. The third-order valence-corrected chi connectivity index (χ3v) is 6.72. The lowest BCUT2D eigenvalue weighted by molar-refractivity contribution is -0.140. The van der Waals surface area contributed by atoms with Crippen LogP contribution >= 0.6 is 0 Å². The number of piperidine rings is 2. The van der Waals surface area contributed by atoms with E-state index in [4.69, 9.17) is 10.1 Å². The Balaban J connectivity index is 1.25. The molecule has 0 spiro atoms. The number of aryl methyl sites for hydroxylation is 1. The minimum Gasteiger partial charge on any atom is -0.481 e. The summed E-state index contributed by atoms with van der Waals surface area (Å²) in [7, 11) is 0. The van der Waals surface area contributed by atoms with Gasteiger partial charge in [0.05, 0.1) is 6.42 Å². The van der Waals surface area contributed by atoms with Crippen LogP contribution in [0.4, 0.5) is 5.82 Å². The molecule has 2 fully saturated rings. The van der Waals surface area contributed by atoms with E-state index in [1.54, 1.807) is 0 Å². The smallest absolute Gasteiger partial charge is 0.304 e. The van der Waals surface area contributed by atoms with Crippen molar-refractivity contribution in [3.05, 3.63) is 23.4 Å². The van der Waals surface area contributed by atoms with Gasteiger partial charge in [-0.1, -0.05) is 6.07 Å². The van der Waals surface area contributed by atoms with Gasteiger partial charge in [-0.05, 0) is 63.2 Å². The molecule has 4 rings (SSSR count). The average Bonchev–Trinajstić information content (AvgIpc) is 2.77. The van der Waals surface area contributed by atoms with E-state index < -0.39 is 5.97 Å². The van der Waals surface area contributed by atoms with Gasteiger partial charge < -0.3 is 20.2 Å². The summed E-state index contributed by atoms with van der Waals surface area (Å²) in [6.07, 6.45) is 6.11. The molecule has 0 saturated carbocycles. The zero-order valence-electron chi connectivity index (χ0n) is 17.1. The summed E-state index contributed by atoms with van der Waals surface area (Å²) < 4.78 is 0. The molecule has 1 aromatic rings. The molecule has 29 heavy (non-hydrogen) atoms. The zero-order chi connectivity index (χ0) is 20.2. The first-order chi connectivity index (χ1) is 14.1. The lowest BCUT2D eigenvalue weighted by Gasteiger charge is -2.37. The van der Waals surface area contributed by atoms with Gasteiger partial charge in [0, 0.05) is 43.7 Å². The number of nitrogens with zero attached hydrogens (tertiary/aromatic N) is 3. The largest absolute Gasteiger partial charge is 0.481 e. The van der Waals surface area contributed by atoms with Crippen molar-refractivity contribution in [2.24, 2.45) is 5.92 Å². The topological polar surface area (TPSA) is 85.8 Å². The molecule has 158 valence electrons. The second kappa shape index (κ2) is 9.11. The van der Waals surface area contributed by atoms with Crippen molar-refractivity contribution >= 4 is 17.7 Å². The molecule has 2 saturated heterocycles. The number of aliphatic carboxylic acids is 1. The number of carbonyl (C=O) groups is 2. The highest BCUT2D eigenvalue weighted by molar-refractivity contribution is 5.79. The summed E-state index contributed by atoms with van der Waals surface area (Å²) in [6, 6.07) is 4.40. The van der Waals surface area contributed by atoms with Crippen LogP contribution < -0.4 is 5.32 Å². The van der Waals surface area contributed by atoms with Crippen LogP contribution in [0.3, 0.4) is 0 Å². The van der Waals surface area contributed by atoms with Crippen molar-refractivity contribution in [1.29, 1.82) is 0 Å². The first kappa shape index (κ1) is 20.1. The molecule has 0 atom stereocenters. The van der Waals surface area contributed by atoms with E-state index in [1.807, 2.05) is 4.90 Å². The Kier molecular flexibility index (Phi) is 6.33. The Bertz CT molecular complexity index is 738. The molecule has 2 N–H and O–H groups in total. The van der Waals surface area contributed by atoms with Gasteiger partial charge in [-0.2, -0.15) is 0 Å². The van der Waals surface area contributed by atoms with Crippen LogP contribution in [0, 0.1) is 5.92 Å². The average molecular weight is 401 g/mol. The summed E-state index contributed by atoms with van der Waals surface area (Å²) in [5, 5.41) is 12.2. The second-order valence-electron chi connectivity index (χ2n) is 8.63. The van der Waals surface area contributed by atoms with Gasteiger partial charge in [-0.15, -0.1) is 0 Å². The van der Waals surface area contributed by atoms with E-state index >= 15 is 0 Å². The standard InChI is InChI=1S/C22H32N4O3/c27-20(28)9-13-25-11-5-18(6-12-25)22(29)26-14-7-16(8-15-26)19-4-3-17-2-1-10-23-21(17)24-19/h3-4,16,18H,1-2,5-15H2,(H,23,24)(H,27,28). The van der Waals surface area contributed by atoms with Gasteiger partial charge in [0.15, 0.2) is 0 Å². The highest BCUT2D eigenvalue weighted by atomic mass is 16.4. The number of carbonyl (C=O) groups excluding carboxylic acids is 1. The Morgan fingerprint density at radius 3 is 2.59 bits per heavy atom. The molecule has 0 unspecified atom stereocenters. The fourth-order valence-electron chi connectivity index (χ4n) is 4.88. The number of rotatable bonds is 5. The van der Waals surface area contributed by atoms with E-state index in [-0.39, 0.29) is 12.3 Å². The first-order valence-electron chi connectivity index (χ1n) is 11.1. The summed E-state index contributed by atoms with van der Waals surface area (Å²) >= 11 is 0. The van der Waals surface area contributed by atoms with Crippen LogP contribution in [0.15, 0.2) is 12.1 Å². The molecule has 1 aromatic heterocycles. The number of pyridine rings is 1. The second-order valence-corrected chi connectivity index (χ2v) is 8.63. The molecule has 0 radical (unpaired) electrons. The number of hydrogen-bond donors (Lipinski definition) is 2. The van der Waals surface area contributed by atoms with Gasteiger partial charge in [0.1, 0.15) is 5.82 Å². The van der Waals surface area contributed by atoms with Crippen molar-refractivity contribution in [1.82, 2.24) is 14.8 Å². The van der Waals surface area contributed by atoms with Crippen LogP contribution in [0.25, 0.3) is 0 Å². The van der Waals surface area contributed by atoms with Gasteiger partial charge in [0.25, 0.3) is 0 Å². The van der Waals surface area contributed by atoms with Gasteiger partial charge in [-0.25, -0.2) is 4.98 Å². The normalized spacial score (nSPS) is 21.4. The molecular formula is C22H32N4O3. The van der Waals surface area contributed by atoms with Crippen LogP contribution in [0.5, 0.6) is 0 Å². The van der Waals surface area contributed by atoms with Crippen LogP contribution in [-0.2, 0) is 16.0 Å². The monoisotopic (exact) mass is 400 g/mol. The highest BCUT2D eigenvalue weighted by Crippen LogP contribution is 2.31. The fourth-order valence-corrected chi connectivity index (χ4v) is 4.88. The zero-order valence-corrected chi connectivity index (χ0v) is 17.1. The van der Waals surface area contributed by atoms with E-state index in [1.165, 1.54) is 12.0 Å². The predicted molar refractivity (Wildman–Crippen MR) is 111 cm³/mol.